The number of cyclic esters (lactones) is 1. The summed E-state index contributed by atoms with van der Waals surface area (Å²) in [6.45, 7) is 16.1. The highest BCUT2D eigenvalue weighted by Crippen LogP contribution is 2.53. The molecule has 2 heterocycles. The highest BCUT2D eigenvalue weighted by molar-refractivity contribution is 7.48. The van der Waals surface area contributed by atoms with Crippen LogP contribution in [-0.2, 0) is 25.0 Å². The van der Waals surface area contributed by atoms with E-state index in [1.807, 2.05) is 6.92 Å². The smallest absolute Gasteiger partial charge is 0.499 e. The van der Waals surface area contributed by atoms with Crippen molar-refractivity contribution in [2.24, 2.45) is 17.8 Å². The molecule has 0 spiro atoms. The number of phosphoric ester groups is 1. The summed E-state index contributed by atoms with van der Waals surface area (Å²) in [5.41, 5.74) is 2.58. The molecule has 0 radical (unpaired) electrons. The fourth-order valence-electron chi connectivity index (χ4n) is 6.56. The molecule has 4 N–H and O–H groups in total. The Labute approximate surface area is 275 Å². The zero-order valence-electron chi connectivity index (χ0n) is 29.1. The summed E-state index contributed by atoms with van der Waals surface area (Å²) in [4.78, 5) is 22.4. The van der Waals surface area contributed by atoms with Crippen molar-refractivity contribution in [1.29, 1.82) is 0 Å². The molecule has 0 aromatic heterocycles. The third kappa shape index (κ3) is 9.88. The van der Waals surface area contributed by atoms with Crippen LogP contribution in [0, 0.1) is 38.5 Å². The van der Waals surface area contributed by atoms with E-state index in [4.69, 9.17) is 18.5 Å². The predicted octanol–water partition coefficient (Wildman–Crippen LogP) is 7.68. The highest BCUT2D eigenvalue weighted by atomic mass is 31.2. The number of aliphatic hydroxyl groups excluding tert-OH is 3. The molecule has 0 saturated heterocycles. The average molecular weight is 669 g/mol. The molecular formula is C35H57O10P. The van der Waals surface area contributed by atoms with Crippen LogP contribution >= 0.6 is 7.82 Å². The van der Waals surface area contributed by atoms with Crippen molar-refractivity contribution >= 4 is 13.8 Å². The van der Waals surface area contributed by atoms with Crippen LogP contribution < -0.4 is 9.26 Å². The molecule has 0 amide bonds. The van der Waals surface area contributed by atoms with Crippen molar-refractivity contribution in [1.82, 2.24) is 0 Å². The first-order chi connectivity index (χ1) is 21.5. The molecule has 46 heavy (non-hydrogen) atoms. The number of hydrogen-bond acceptors (Lipinski definition) is 9. The first-order valence-electron chi connectivity index (χ1n) is 16.9. The van der Waals surface area contributed by atoms with Gasteiger partial charge in [-0.2, -0.15) is 0 Å². The quantitative estimate of drug-likeness (QED) is 0.0905. The van der Waals surface area contributed by atoms with Gasteiger partial charge >= 0.3 is 13.8 Å². The molecule has 0 fully saturated rings. The van der Waals surface area contributed by atoms with Crippen LogP contribution in [0.3, 0.4) is 0 Å². The van der Waals surface area contributed by atoms with Gasteiger partial charge in [-0.05, 0) is 87.8 Å². The summed E-state index contributed by atoms with van der Waals surface area (Å²) in [5, 5.41) is 29.2. The summed E-state index contributed by atoms with van der Waals surface area (Å²) < 4.78 is 35.1. The maximum atomic E-state index is 13.1. The van der Waals surface area contributed by atoms with E-state index in [0.717, 1.165) is 48.0 Å². The average Bonchev–Trinajstić information content (AvgIpc) is 3.25. The van der Waals surface area contributed by atoms with Crippen LogP contribution in [-0.4, -0.2) is 50.6 Å². The van der Waals surface area contributed by atoms with Crippen LogP contribution in [0.25, 0.3) is 0 Å². The number of hydrogen-bond donors (Lipinski definition) is 4. The molecule has 3 rings (SSSR count). The molecule has 0 bridgehead atoms. The van der Waals surface area contributed by atoms with E-state index in [9.17, 15) is 29.6 Å². The molecule has 0 saturated carbocycles. The van der Waals surface area contributed by atoms with E-state index in [1.165, 1.54) is 44.9 Å². The third-order valence-corrected chi connectivity index (χ3v) is 10.6. The molecule has 2 aliphatic rings. The zero-order chi connectivity index (χ0) is 34.4. The highest BCUT2D eigenvalue weighted by Gasteiger charge is 2.45. The second-order valence-corrected chi connectivity index (χ2v) is 15.7. The van der Waals surface area contributed by atoms with E-state index in [-0.39, 0.29) is 11.4 Å². The minimum atomic E-state index is -4.98. The Bertz CT molecular complexity index is 1290. The molecule has 6 unspecified atom stereocenters. The minimum Gasteiger partial charge on any atom is -0.499 e. The van der Waals surface area contributed by atoms with Crippen LogP contribution in [0.4, 0.5) is 0 Å². The molecule has 262 valence electrons. The molecule has 11 heteroatoms. The Morgan fingerprint density at radius 2 is 1.52 bits per heavy atom. The lowest BCUT2D eigenvalue weighted by Crippen LogP contribution is -2.37. The van der Waals surface area contributed by atoms with Crippen molar-refractivity contribution < 1.29 is 48.1 Å². The minimum absolute atomic E-state index is 0.141. The van der Waals surface area contributed by atoms with Gasteiger partial charge in [-0.15, -0.1) is 0 Å². The van der Waals surface area contributed by atoms with Gasteiger partial charge < -0.3 is 33.8 Å². The summed E-state index contributed by atoms with van der Waals surface area (Å²) >= 11 is 0. The van der Waals surface area contributed by atoms with Crippen molar-refractivity contribution in [3.8, 4) is 11.5 Å². The van der Waals surface area contributed by atoms with Crippen LogP contribution in [0.15, 0.2) is 11.5 Å². The van der Waals surface area contributed by atoms with Crippen molar-refractivity contribution in [3.05, 3.63) is 33.8 Å². The van der Waals surface area contributed by atoms with Gasteiger partial charge in [-0.25, -0.2) is 9.36 Å². The van der Waals surface area contributed by atoms with E-state index < -0.39 is 44.1 Å². The number of esters is 1. The molecule has 6 atom stereocenters. The molecule has 1 aromatic carbocycles. The number of fused-ring (bicyclic) bond motifs is 1. The molecule has 10 nitrogen and oxygen atoms in total. The Morgan fingerprint density at radius 3 is 2.11 bits per heavy atom. The van der Waals surface area contributed by atoms with Gasteiger partial charge in [0.15, 0.2) is 6.10 Å². The van der Waals surface area contributed by atoms with E-state index in [2.05, 4.69) is 34.6 Å². The van der Waals surface area contributed by atoms with Crippen molar-refractivity contribution in [3.63, 3.8) is 0 Å². The summed E-state index contributed by atoms with van der Waals surface area (Å²) in [6.07, 6.45) is 9.21. The fourth-order valence-corrected chi connectivity index (χ4v) is 7.54. The molecule has 2 aliphatic heterocycles. The zero-order valence-corrected chi connectivity index (χ0v) is 30.0. The number of ether oxygens (including phenoxy) is 2. The van der Waals surface area contributed by atoms with Gasteiger partial charge in [0.05, 0.1) is 6.61 Å². The molecular weight excluding hydrogens is 611 g/mol. The Kier molecular flexibility index (Phi) is 13.5. The Morgan fingerprint density at radius 1 is 0.935 bits per heavy atom. The van der Waals surface area contributed by atoms with Gasteiger partial charge in [0.2, 0.25) is 11.5 Å². The lowest BCUT2D eigenvalue weighted by Gasteiger charge is -2.38. The third-order valence-electron chi connectivity index (χ3n) is 9.71. The monoisotopic (exact) mass is 668 g/mol. The first kappa shape index (κ1) is 38.2. The molecule has 0 aliphatic carbocycles. The second-order valence-electron chi connectivity index (χ2n) is 14.4. The number of benzene rings is 1. The maximum Gasteiger partial charge on any atom is 0.584 e. The van der Waals surface area contributed by atoms with Gasteiger partial charge in [-0.3, -0.25) is 4.89 Å². The largest absolute Gasteiger partial charge is 0.584 e. The number of aliphatic hydroxyl groups is 3. The summed E-state index contributed by atoms with van der Waals surface area (Å²) in [7, 11) is -4.98. The second kappa shape index (κ2) is 16.2. The standard InChI is InChI=1S/C35H57O10P/c1-21(2)12-9-13-22(3)14-10-15-23(4)16-11-18-35(8)19-17-27-26(7)30(24(5)25(6)31(27)43-35)44-46(40,41)45-33-29(38)34(39)42-32(33)28(37)20-36/h21-23,28,32,36-38H,9-20H2,1-8H3,(H,40,41). The normalized spacial score (nSPS) is 23.0. The van der Waals surface area contributed by atoms with E-state index in [1.54, 1.807) is 13.8 Å². The number of rotatable bonds is 18. The number of carbonyl (C=O) groups is 1. The fraction of sp³-hybridized carbons (Fsp3) is 0.743. The lowest BCUT2D eigenvalue weighted by atomic mass is 9.84. The van der Waals surface area contributed by atoms with Crippen LogP contribution in [0.2, 0.25) is 0 Å². The predicted molar refractivity (Wildman–Crippen MR) is 177 cm³/mol. The number of carbonyl (C=O) groups excluding carboxylic acids is 1. The van der Waals surface area contributed by atoms with Gasteiger partial charge in [0.25, 0.3) is 0 Å². The topological polar surface area (TPSA) is 152 Å². The van der Waals surface area contributed by atoms with Crippen molar-refractivity contribution in [2.75, 3.05) is 6.61 Å². The van der Waals surface area contributed by atoms with Gasteiger partial charge in [0, 0.05) is 5.56 Å². The number of phosphoric acid groups is 1. The van der Waals surface area contributed by atoms with Gasteiger partial charge in [0.1, 0.15) is 23.2 Å². The van der Waals surface area contributed by atoms with Gasteiger partial charge in [-0.1, -0.05) is 72.6 Å². The maximum absolute atomic E-state index is 13.1. The summed E-state index contributed by atoms with van der Waals surface area (Å²) in [5.74, 6) is 0.0763. The summed E-state index contributed by atoms with van der Waals surface area (Å²) in [6, 6.07) is 0. The lowest BCUT2D eigenvalue weighted by molar-refractivity contribution is -0.147. The SMILES string of the molecule is Cc1c(C)c2c(c(C)c1OP(=O)(O)OC1=C(O)C(=O)OC1C(O)CO)CCC(C)(CCCC(C)CCCC(C)CCCC(C)C)O2. The van der Waals surface area contributed by atoms with Crippen LogP contribution in [0.5, 0.6) is 11.5 Å². The van der Waals surface area contributed by atoms with Crippen LogP contribution in [0.1, 0.15) is 121 Å². The van der Waals surface area contributed by atoms with E-state index >= 15 is 0 Å². The molecule has 1 aromatic rings. The Hall–Kier alpha value is -2.26. The Balaban J connectivity index is 1.60. The first-order valence-corrected chi connectivity index (χ1v) is 18.4. The van der Waals surface area contributed by atoms with Crippen molar-refractivity contribution in [2.45, 2.75) is 144 Å². The van der Waals surface area contributed by atoms with E-state index in [0.29, 0.717) is 23.5 Å².